The Bertz CT molecular complexity index is 1410. The summed E-state index contributed by atoms with van der Waals surface area (Å²) in [5, 5.41) is 4.37. The lowest BCUT2D eigenvalue weighted by Gasteiger charge is -2.31. The lowest BCUT2D eigenvalue weighted by molar-refractivity contribution is 0.0526. The number of rotatable bonds is 5. The van der Waals surface area contributed by atoms with Crippen LogP contribution in [0, 0.1) is 0 Å². The third-order valence-electron chi connectivity index (χ3n) is 6.87. The highest BCUT2D eigenvalue weighted by molar-refractivity contribution is 7.16. The number of aromatic nitrogens is 2. The largest absolute Gasteiger partial charge is 0.462 e. The Morgan fingerprint density at radius 2 is 1.74 bits per heavy atom. The number of thiophene rings is 1. The van der Waals surface area contributed by atoms with Gasteiger partial charge in [0, 0.05) is 18.0 Å². The first-order valence-electron chi connectivity index (χ1n) is 12.4. The van der Waals surface area contributed by atoms with Gasteiger partial charge in [-0.05, 0) is 67.9 Å². The molecule has 3 heterocycles. The number of nitrogens with one attached hydrogen (secondary N) is 1. The van der Waals surface area contributed by atoms with Crippen molar-refractivity contribution in [3.8, 4) is 0 Å². The molecule has 1 N–H and O–H groups in total. The predicted molar refractivity (Wildman–Crippen MR) is 141 cm³/mol. The summed E-state index contributed by atoms with van der Waals surface area (Å²) in [4.78, 5) is 26.6. The van der Waals surface area contributed by atoms with Crippen LogP contribution in [0.2, 0.25) is 0 Å². The zero-order valence-electron chi connectivity index (χ0n) is 19.8. The van der Waals surface area contributed by atoms with Gasteiger partial charge in [0.25, 0.3) is 0 Å². The van der Waals surface area contributed by atoms with Crippen LogP contribution in [-0.2, 0) is 30.5 Å². The van der Waals surface area contributed by atoms with Gasteiger partial charge in [0.2, 0.25) is 0 Å². The van der Waals surface area contributed by atoms with E-state index in [4.69, 9.17) is 14.7 Å². The molecule has 6 rings (SSSR count). The fourth-order valence-electron chi connectivity index (χ4n) is 5.15. The van der Waals surface area contributed by atoms with Crippen LogP contribution in [0.3, 0.4) is 0 Å². The smallest absolute Gasteiger partial charge is 0.341 e. The van der Waals surface area contributed by atoms with Crippen molar-refractivity contribution in [3.63, 3.8) is 0 Å². The van der Waals surface area contributed by atoms with Crippen molar-refractivity contribution < 1.29 is 9.53 Å². The van der Waals surface area contributed by atoms with Gasteiger partial charge in [-0.25, -0.2) is 14.8 Å². The number of para-hydroxylation sites is 2. The normalized spacial score (nSPS) is 14.9. The van der Waals surface area contributed by atoms with E-state index in [-0.39, 0.29) is 5.97 Å². The molecule has 0 atom stereocenters. The quantitative estimate of drug-likeness (QED) is 0.348. The number of hydrogen-bond donors (Lipinski definition) is 1. The summed E-state index contributed by atoms with van der Waals surface area (Å²) >= 11 is 1.66. The van der Waals surface area contributed by atoms with Gasteiger partial charge in [0.15, 0.2) is 11.6 Å². The molecule has 0 amide bonds. The number of carbonyl (C=O) groups is 1. The Morgan fingerprint density at radius 3 is 2.57 bits per heavy atom. The molecule has 0 radical (unpaired) electrons. The molecule has 178 valence electrons. The van der Waals surface area contributed by atoms with Crippen LogP contribution in [0.5, 0.6) is 0 Å². The molecule has 7 heteroatoms. The molecular formula is C28H28N4O2S. The first kappa shape index (κ1) is 22.0. The first-order chi connectivity index (χ1) is 17.2. The molecule has 2 aromatic carbocycles. The number of esters is 1. The lowest BCUT2D eigenvalue weighted by atomic mass is 9.95. The monoisotopic (exact) mass is 484 g/mol. The Hall–Kier alpha value is -3.45. The molecule has 0 bridgehead atoms. The second-order valence-electron chi connectivity index (χ2n) is 9.09. The third-order valence-corrected chi connectivity index (χ3v) is 8.07. The standard InChI is InChI=1S/C28H28N4O2S/c1-2-34-28(33)24-20-11-5-8-14-23(20)35-27(24)31-25-26(30-22-13-7-6-12-21(22)29-25)32-16-15-18-9-3-4-10-19(18)17-32/h3-4,6-7,9-10,12-13H,2,5,8,11,14-17H2,1H3,(H,29,31). The van der Waals surface area contributed by atoms with E-state index < -0.39 is 0 Å². The zero-order valence-corrected chi connectivity index (χ0v) is 20.7. The highest BCUT2D eigenvalue weighted by Crippen LogP contribution is 2.41. The van der Waals surface area contributed by atoms with E-state index in [1.165, 1.54) is 16.0 Å². The molecule has 2 aliphatic rings. The molecule has 1 aliphatic heterocycles. The van der Waals surface area contributed by atoms with E-state index in [2.05, 4.69) is 34.5 Å². The molecule has 0 saturated carbocycles. The fraction of sp³-hybridized carbons (Fsp3) is 0.321. The first-order valence-corrected chi connectivity index (χ1v) is 13.2. The predicted octanol–water partition coefficient (Wildman–Crippen LogP) is 6.05. The Labute approximate surface area is 209 Å². The van der Waals surface area contributed by atoms with Crippen molar-refractivity contribution >= 4 is 45.0 Å². The van der Waals surface area contributed by atoms with Crippen molar-refractivity contribution in [1.29, 1.82) is 0 Å². The van der Waals surface area contributed by atoms with Gasteiger partial charge in [-0.15, -0.1) is 11.3 Å². The minimum Gasteiger partial charge on any atom is -0.462 e. The average molecular weight is 485 g/mol. The number of benzene rings is 2. The van der Waals surface area contributed by atoms with Gasteiger partial charge >= 0.3 is 5.97 Å². The number of carbonyl (C=O) groups excluding carboxylic acids is 1. The Balaban J connectivity index is 1.44. The van der Waals surface area contributed by atoms with E-state index >= 15 is 0 Å². The maximum atomic E-state index is 13.0. The molecule has 0 fully saturated rings. The van der Waals surface area contributed by atoms with Gasteiger partial charge in [-0.2, -0.15) is 0 Å². The average Bonchev–Trinajstić information content (AvgIpc) is 3.26. The SMILES string of the molecule is CCOC(=O)c1c(Nc2nc3ccccc3nc2N2CCc3ccccc3C2)sc2c1CCCC2. The number of aryl methyl sites for hydroxylation is 1. The molecule has 0 spiro atoms. The van der Waals surface area contributed by atoms with Crippen molar-refractivity contribution in [1.82, 2.24) is 9.97 Å². The number of ether oxygens (including phenoxy) is 1. The van der Waals surface area contributed by atoms with Crippen molar-refractivity contribution in [2.45, 2.75) is 45.6 Å². The van der Waals surface area contributed by atoms with Crippen molar-refractivity contribution in [3.05, 3.63) is 75.7 Å². The number of nitrogens with zero attached hydrogens (tertiary/aromatic N) is 3. The fourth-order valence-corrected chi connectivity index (χ4v) is 6.43. The zero-order chi connectivity index (χ0) is 23.8. The molecule has 0 unspecified atom stereocenters. The third kappa shape index (κ3) is 4.14. The van der Waals surface area contributed by atoms with Crippen molar-refractivity contribution in [2.24, 2.45) is 0 Å². The summed E-state index contributed by atoms with van der Waals surface area (Å²) < 4.78 is 5.47. The number of anilines is 3. The maximum Gasteiger partial charge on any atom is 0.341 e. The van der Waals surface area contributed by atoms with E-state index in [9.17, 15) is 4.79 Å². The molecule has 0 saturated heterocycles. The summed E-state index contributed by atoms with van der Waals surface area (Å²) in [6, 6.07) is 16.5. The number of fused-ring (bicyclic) bond motifs is 3. The minimum atomic E-state index is -0.253. The summed E-state index contributed by atoms with van der Waals surface area (Å²) in [6.07, 6.45) is 5.15. The van der Waals surface area contributed by atoms with Crippen LogP contribution < -0.4 is 10.2 Å². The molecule has 2 aromatic heterocycles. The van der Waals surface area contributed by atoms with Gasteiger partial charge < -0.3 is 15.0 Å². The molecule has 1 aliphatic carbocycles. The van der Waals surface area contributed by atoms with Gasteiger partial charge in [0.05, 0.1) is 23.2 Å². The highest BCUT2D eigenvalue weighted by atomic mass is 32.1. The Morgan fingerprint density at radius 1 is 1.00 bits per heavy atom. The summed E-state index contributed by atoms with van der Waals surface area (Å²) in [6.45, 7) is 3.86. The second-order valence-corrected chi connectivity index (χ2v) is 10.2. The topological polar surface area (TPSA) is 67.3 Å². The summed E-state index contributed by atoms with van der Waals surface area (Å²) in [5.74, 6) is 1.25. The van der Waals surface area contributed by atoms with E-state index in [0.29, 0.717) is 18.0 Å². The molecular weight excluding hydrogens is 456 g/mol. The van der Waals surface area contributed by atoms with Crippen LogP contribution in [0.1, 0.15) is 51.7 Å². The summed E-state index contributed by atoms with van der Waals surface area (Å²) in [7, 11) is 0. The van der Waals surface area contributed by atoms with Crippen molar-refractivity contribution in [2.75, 3.05) is 23.4 Å². The van der Waals surface area contributed by atoms with E-state index in [1.54, 1.807) is 11.3 Å². The lowest BCUT2D eigenvalue weighted by Crippen LogP contribution is -2.31. The second kappa shape index (κ2) is 9.30. The van der Waals surface area contributed by atoms with E-state index in [0.717, 1.165) is 72.6 Å². The van der Waals surface area contributed by atoms with Gasteiger partial charge in [-0.3, -0.25) is 0 Å². The molecule has 6 nitrogen and oxygen atoms in total. The van der Waals surface area contributed by atoms with Crippen LogP contribution in [0.4, 0.5) is 16.6 Å². The van der Waals surface area contributed by atoms with E-state index in [1.807, 2.05) is 31.2 Å². The van der Waals surface area contributed by atoms with Crippen LogP contribution >= 0.6 is 11.3 Å². The van der Waals surface area contributed by atoms with Crippen LogP contribution in [-0.4, -0.2) is 29.1 Å². The van der Waals surface area contributed by atoms with Crippen LogP contribution in [0.15, 0.2) is 48.5 Å². The Kier molecular flexibility index (Phi) is 5.86. The number of hydrogen-bond acceptors (Lipinski definition) is 7. The minimum absolute atomic E-state index is 0.253. The summed E-state index contributed by atoms with van der Waals surface area (Å²) in [5.41, 5.74) is 6.22. The molecule has 35 heavy (non-hydrogen) atoms. The van der Waals surface area contributed by atoms with Gasteiger partial charge in [0.1, 0.15) is 5.00 Å². The highest BCUT2D eigenvalue weighted by Gasteiger charge is 2.28. The molecule has 4 aromatic rings. The van der Waals surface area contributed by atoms with Gasteiger partial charge in [-0.1, -0.05) is 36.4 Å². The maximum absolute atomic E-state index is 13.0. The van der Waals surface area contributed by atoms with Crippen LogP contribution in [0.25, 0.3) is 11.0 Å².